The van der Waals surface area contributed by atoms with Gasteiger partial charge in [-0.1, -0.05) is 0 Å². The van der Waals surface area contributed by atoms with Gasteiger partial charge in [0.05, 0.1) is 5.69 Å². The number of fused-ring (bicyclic) bond motifs is 1. The van der Waals surface area contributed by atoms with Gasteiger partial charge in [0, 0.05) is 25.1 Å². The van der Waals surface area contributed by atoms with Crippen LogP contribution in [0, 0.1) is 13.8 Å². The number of hydrogen-bond acceptors (Lipinski definition) is 2. The molecule has 2 aromatic heterocycles. The molecular weight excluding hydrogens is 200 g/mol. The molecule has 0 saturated carbocycles. The summed E-state index contributed by atoms with van der Waals surface area (Å²) in [6.45, 7) is 4.07. The zero-order chi connectivity index (χ0) is 11.5. The Balaban J connectivity index is 0.000000125. The Morgan fingerprint density at radius 3 is 2.62 bits per heavy atom. The van der Waals surface area contributed by atoms with Crippen LogP contribution in [0.4, 0.5) is 0 Å². The number of aryl methyl sites for hydroxylation is 4. The van der Waals surface area contributed by atoms with Crippen LogP contribution in [-0.2, 0) is 19.9 Å². The number of aromatic amines is 1. The first-order valence-corrected chi connectivity index (χ1v) is 5.65. The molecule has 1 aliphatic rings. The van der Waals surface area contributed by atoms with Crippen LogP contribution in [0.1, 0.15) is 29.2 Å². The predicted octanol–water partition coefficient (Wildman–Crippen LogP) is 1.94. The van der Waals surface area contributed by atoms with E-state index >= 15 is 0 Å². The highest BCUT2D eigenvalue weighted by atomic mass is 15.1. The normalized spacial score (nSPS) is 13.2. The van der Waals surface area contributed by atoms with E-state index < -0.39 is 0 Å². The minimum atomic E-state index is 1.06. The molecular formula is C12H18N4. The van der Waals surface area contributed by atoms with Crippen molar-refractivity contribution in [3.8, 4) is 0 Å². The van der Waals surface area contributed by atoms with Gasteiger partial charge in [-0.2, -0.15) is 5.10 Å². The van der Waals surface area contributed by atoms with Crippen molar-refractivity contribution in [3.63, 3.8) is 0 Å². The van der Waals surface area contributed by atoms with Gasteiger partial charge in [-0.25, -0.2) is 4.98 Å². The summed E-state index contributed by atoms with van der Waals surface area (Å²) in [5, 5.41) is 7.16. The predicted molar refractivity (Wildman–Crippen MR) is 63.3 cm³/mol. The molecule has 0 fully saturated rings. The van der Waals surface area contributed by atoms with Crippen molar-refractivity contribution >= 4 is 0 Å². The summed E-state index contributed by atoms with van der Waals surface area (Å²) in [4.78, 5) is 3.98. The standard InChI is InChI=1S/C7H10N2.C5H8N2/c1-5-6-3-2-4-7(6)9-8-5;1-5-6-3-4-7(5)2/h2-4H2,1H3,(H,8,9);3-4H,1-2H3. The third kappa shape index (κ3) is 2.15. The monoisotopic (exact) mass is 218 g/mol. The van der Waals surface area contributed by atoms with Gasteiger partial charge in [0.1, 0.15) is 5.82 Å². The zero-order valence-corrected chi connectivity index (χ0v) is 10.1. The van der Waals surface area contributed by atoms with E-state index in [9.17, 15) is 0 Å². The van der Waals surface area contributed by atoms with Gasteiger partial charge >= 0.3 is 0 Å². The molecule has 1 aliphatic carbocycles. The van der Waals surface area contributed by atoms with E-state index in [0.29, 0.717) is 0 Å². The van der Waals surface area contributed by atoms with Crippen LogP contribution in [-0.4, -0.2) is 19.7 Å². The Morgan fingerprint density at radius 2 is 2.12 bits per heavy atom. The second-order valence-electron chi connectivity index (χ2n) is 4.21. The largest absolute Gasteiger partial charge is 0.338 e. The fraction of sp³-hybridized carbons (Fsp3) is 0.500. The summed E-state index contributed by atoms with van der Waals surface area (Å²) >= 11 is 0. The molecule has 0 bridgehead atoms. The maximum atomic E-state index is 4.17. The summed E-state index contributed by atoms with van der Waals surface area (Å²) in [7, 11) is 1.97. The van der Waals surface area contributed by atoms with Crippen molar-refractivity contribution in [1.82, 2.24) is 19.7 Å². The van der Waals surface area contributed by atoms with E-state index in [1.165, 1.54) is 36.2 Å². The first-order valence-electron chi connectivity index (χ1n) is 5.65. The van der Waals surface area contributed by atoms with Crippen LogP contribution in [0.25, 0.3) is 0 Å². The van der Waals surface area contributed by atoms with Crippen molar-refractivity contribution in [1.29, 1.82) is 0 Å². The van der Waals surface area contributed by atoms with Crippen LogP contribution in [0.15, 0.2) is 12.4 Å². The quantitative estimate of drug-likeness (QED) is 0.734. The lowest BCUT2D eigenvalue weighted by atomic mass is 10.2. The Kier molecular flexibility index (Phi) is 3.08. The Hall–Kier alpha value is -1.58. The Labute approximate surface area is 95.7 Å². The van der Waals surface area contributed by atoms with Gasteiger partial charge < -0.3 is 4.57 Å². The molecule has 0 saturated heterocycles. The van der Waals surface area contributed by atoms with Crippen LogP contribution < -0.4 is 0 Å². The van der Waals surface area contributed by atoms with E-state index in [4.69, 9.17) is 0 Å². The summed E-state index contributed by atoms with van der Waals surface area (Å²) in [5.41, 5.74) is 4.03. The molecule has 4 nitrogen and oxygen atoms in total. The smallest absolute Gasteiger partial charge is 0.105 e. The molecule has 0 radical (unpaired) electrons. The Morgan fingerprint density at radius 1 is 1.31 bits per heavy atom. The Bertz CT molecular complexity index is 451. The lowest BCUT2D eigenvalue weighted by molar-refractivity contribution is 0.854. The summed E-state index contributed by atoms with van der Waals surface area (Å²) < 4.78 is 1.97. The van der Waals surface area contributed by atoms with Gasteiger partial charge in [0.25, 0.3) is 0 Å². The number of imidazole rings is 1. The molecule has 2 heterocycles. The number of rotatable bonds is 0. The lowest BCUT2D eigenvalue weighted by Crippen LogP contribution is -1.86. The average molecular weight is 218 g/mol. The van der Waals surface area contributed by atoms with Crippen LogP contribution in [0.3, 0.4) is 0 Å². The van der Waals surface area contributed by atoms with Gasteiger partial charge in [0.15, 0.2) is 0 Å². The molecule has 86 valence electrons. The fourth-order valence-corrected chi connectivity index (χ4v) is 1.91. The minimum Gasteiger partial charge on any atom is -0.338 e. The van der Waals surface area contributed by atoms with Crippen LogP contribution >= 0.6 is 0 Å². The summed E-state index contributed by atoms with van der Waals surface area (Å²) in [6, 6.07) is 0. The molecule has 0 aliphatic heterocycles. The molecule has 0 spiro atoms. The summed E-state index contributed by atoms with van der Waals surface area (Å²) in [5.74, 6) is 1.06. The van der Waals surface area contributed by atoms with E-state index in [1.54, 1.807) is 6.20 Å². The molecule has 2 aromatic rings. The average Bonchev–Trinajstić information content (AvgIpc) is 2.92. The van der Waals surface area contributed by atoms with Crippen molar-refractivity contribution < 1.29 is 0 Å². The summed E-state index contributed by atoms with van der Waals surface area (Å²) in [6.07, 6.45) is 7.43. The van der Waals surface area contributed by atoms with Gasteiger partial charge in [-0.05, 0) is 38.7 Å². The van der Waals surface area contributed by atoms with Gasteiger partial charge in [-0.3, -0.25) is 5.10 Å². The number of nitrogens with one attached hydrogen (secondary N) is 1. The highest BCUT2D eigenvalue weighted by Crippen LogP contribution is 2.21. The van der Waals surface area contributed by atoms with E-state index in [0.717, 1.165) is 5.82 Å². The molecule has 0 unspecified atom stereocenters. The molecule has 3 rings (SSSR count). The van der Waals surface area contributed by atoms with Crippen LogP contribution in [0.5, 0.6) is 0 Å². The highest BCUT2D eigenvalue weighted by Gasteiger charge is 2.15. The molecule has 0 aromatic carbocycles. The SMILES string of the molecule is Cc1[nH]nc2c1CCC2.Cc1nccn1C. The first-order chi connectivity index (χ1) is 7.68. The van der Waals surface area contributed by atoms with Crippen molar-refractivity contribution in [3.05, 3.63) is 35.2 Å². The number of aromatic nitrogens is 4. The highest BCUT2D eigenvalue weighted by molar-refractivity contribution is 5.28. The van der Waals surface area contributed by atoms with E-state index in [-0.39, 0.29) is 0 Å². The third-order valence-corrected chi connectivity index (χ3v) is 3.06. The second kappa shape index (κ2) is 4.51. The third-order valence-electron chi connectivity index (χ3n) is 3.06. The van der Waals surface area contributed by atoms with E-state index in [2.05, 4.69) is 22.1 Å². The maximum absolute atomic E-state index is 4.17. The number of H-pyrrole nitrogens is 1. The molecule has 4 heteroatoms. The number of hydrogen-bond donors (Lipinski definition) is 1. The van der Waals surface area contributed by atoms with Crippen molar-refractivity contribution in [2.45, 2.75) is 33.1 Å². The topological polar surface area (TPSA) is 46.5 Å². The fourth-order valence-electron chi connectivity index (χ4n) is 1.91. The van der Waals surface area contributed by atoms with Crippen molar-refractivity contribution in [2.24, 2.45) is 7.05 Å². The van der Waals surface area contributed by atoms with E-state index in [1.807, 2.05) is 24.7 Å². The lowest BCUT2D eigenvalue weighted by Gasteiger charge is -1.87. The van der Waals surface area contributed by atoms with Crippen molar-refractivity contribution in [2.75, 3.05) is 0 Å². The zero-order valence-electron chi connectivity index (χ0n) is 10.1. The first kappa shape index (κ1) is 10.9. The number of nitrogens with zero attached hydrogens (tertiary/aromatic N) is 3. The second-order valence-corrected chi connectivity index (χ2v) is 4.21. The van der Waals surface area contributed by atoms with Gasteiger partial charge in [-0.15, -0.1) is 0 Å². The molecule has 0 atom stereocenters. The van der Waals surface area contributed by atoms with Crippen LogP contribution in [0.2, 0.25) is 0 Å². The molecule has 0 amide bonds. The minimum absolute atomic E-state index is 1.06. The van der Waals surface area contributed by atoms with Gasteiger partial charge in [0.2, 0.25) is 0 Å². The molecule has 1 N–H and O–H groups in total. The maximum Gasteiger partial charge on any atom is 0.105 e. The molecule has 16 heavy (non-hydrogen) atoms.